The fraction of sp³-hybridized carbons (Fsp3) is 0.480. The molecule has 0 unspecified atom stereocenters. The monoisotopic (exact) mass is 753 g/mol. The molecule has 4 heterocycles. The van der Waals surface area contributed by atoms with Gasteiger partial charge in [-0.1, -0.05) is 111 Å². The first-order valence-electron chi connectivity index (χ1n) is 21.6. The molecule has 5 aromatic rings. The van der Waals surface area contributed by atoms with Crippen LogP contribution in [-0.2, 0) is 25.7 Å². The number of nitrogens with zero attached hydrogens (tertiary/aromatic N) is 6. The second kappa shape index (κ2) is 21.6. The van der Waals surface area contributed by atoms with Crippen molar-refractivity contribution in [3.63, 3.8) is 0 Å². The van der Waals surface area contributed by atoms with E-state index in [1.54, 1.807) is 0 Å². The van der Waals surface area contributed by atoms with E-state index in [9.17, 15) is 0 Å². The van der Waals surface area contributed by atoms with E-state index in [1.807, 2.05) is 24.8 Å². The van der Waals surface area contributed by atoms with Crippen molar-refractivity contribution in [2.24, 2.45) is 23.7 Å². The Hall–Kier alpha value is -4.58. The average Bonchev–Trinajstić information content (AvgIpc) is 3.17. The molecule has 0 fully saturated rings. The smallest absolute Gasteiger partial charge is 0.138 e. The Morgan fingerprint density at radius 2 is 0.643 bits per heavy atom. The van der Waals surface area contributed by atoms with E-state index in [2.05, 4.69) is 138 Å². The van der Waals surface area contributed by atoms with Gasteiger partial charge in [-0.2, -0.15) is 0 Å². The molecular formula is C50H68N6. The Kier molecular flexibility index (Phi) is 16.5. The van der Waals surface area contributed by atoms with Crippen LogP contribution in [0, 0.1) is 23.7 Å². The quantitative estimate of drug-likeness (QED) is 0.0702. The molecule has 0 bridgehead atoms. The van der Waals surface area contributed by atoms with Gasteiger partial charge in [-0.25, -0.2) is 19.9 Å². The predicted molar refractivity (Wildman–Crippen MR) is 238 cm³/mol. The maximum absolute atomic E-state index is 5.05. The van der Waals surface area contributed by atoms with Crippen LogP contribution in [0.25, 0.3) is 0 Å². The van der Waals surface area contributed by atoms with Crippen LogP contribution >= 0.6 is 0 Å². The minimum absolute atomic E-state index is 0.703. The van der Waals surface area contributed by atoms with E-state index >= 15 is 0 Å². The predicted octanol–water partition coefficient (Wildman–Crippen LogP) is 14.1. The number of anilines is 6. The lowest BCUT2D eigenvalue weighted by Gasteiger charge is -2.27. The van der Waals surface area contributed by atoms with Crippen molar-refractivity contribution in [2.45, 2.75) is 132 Å². The first kappa shape index (κ1) is 42.6. The highest BCUT2D eigenvalue weighted by Crippen LogP contribution is 2.38. The highest BCUT2D eigenvalue weighted by atomic mass is 15.3. The summed E-state index contributed by atoms with van der Waals surface area (Å²) in [5.74, 6) is 6.18. The van der Waals surface area contributed by atoms with Crippen LogP contribution in [0.3, 0.4) is 0 Å². The number of rotatable bonds is 22. The molecule has 1 aromatic carbocycles. The molecule has 0 amide bonds. The second-order valence-corrected chi connectivity index (χ2v) is 17.4. The molecule has 0 aliphatic heterocycles. The molecule has 0 saturated carbocycles. The molecule has 0 radical (unpaired) electrons. The Morgan fingerprint density at radius 3 is 0.857 bits per heavy atom. The normalized spacial score (nSPS) is 11.6. The van der Waals surface area contributed by atoms with Crippen LogP contribution in [0.4, 0.5) is 34.6 Å². The van der Waals surface area contributed by atoms with Gasteiger partial charge in [0.15, 0.2) is 0 Å². The van der Waals surface area contributed by atoms with Crippen LogP contribution in [0.1, 0.15) is 129 Å². The van der Waals surface area contributed by atoms with Crippen molar-refractivity contribution >= 4 is 34.6 Å². The van der Waals surface area contributed by atoms with Gasteiger partial charge in [0.2, 0.25) is 0 Å². The molecular weight excluding hydrogens is 685 g/mol. The van der Waals surface area contributed by atoms with E-state index in [1.165, 1.54) is 73.6 Å². The number of aromatic nitrogens is 4. The standard InChI is InChI=1S/C50H68N6/c1-37(2)14-9-18-41-24-28-47(51-33-41)55(48-29-25-42(34-52-48)19-10-15-38(3)4)45-22-13-23-46(32-45)56(49-30-26-43(35-53-49)20-11-16-39(5)6)50-31-27-44(36-54-50)21-12-17-40(7)8/h13,22-40H,9-12,14-21H2,1-8H3. The molecule has 6 heteroatoms. The summed E-state index contributed by atoms with van der Waals surface area (Å²) in [6, 6.07) is 26.1. The summed E-state index contributed by atoms with van der Waals surface area (Å²) >= 11 is 0. The third kappa shape index (κ3) is 13.3. The van der Waals surface area contributed by atoms with Crippen molar-refractivity contribution in [3.8, 4) is 0 Å². The van der Waals surface area contributed by atoms with Gasteiger partial charge in [-0.05, 0) is 140 Å². The van der Waals surface area contributed by atoms with Crippen LogP contribution in [0.2, 0.25) is 0 Å². The zero-order chi connectivity index (χ0) is 39.9. The molecule has 0 N–H and O–H groups in total. The van der Waals surface area contributed by atoms with Gasteiger partial charge in [-0.15, -0.1) is 0 Å². The molecule has 0 aliphatic rings. The minimum atomic E-state index is 0.703. The number of pyridine rings is 4. The molecule has 4 aromatic heterocycles. The molecule has 0 aliphatic carbocycles. The van der Waals surface area contributed by atoms with Crippen molar-refractivity contribution < 1.29 is 0 Å². The summed E-state index contributed by atoms with van der Waals surface area (Å²) in [4.78, 5) is 24.5. The molecule has 5 rings (SSSR count). The largest absolute Gasteiger partial charge is 0.279 e. The van der Waals surface area contributed by atoms with Gasteiger partial charge in [0.1, 0.15) is 23.3 Å². The fourth-order valence-electron chi connectivity index (χ4n) is 7.18. The SMILES string of the molecule is CC(C)CCCc1ccc(N(c2cccc(N(c3ccc(CCCC(C)C)cn3)c3ccc(CCCC(C)C)cn3)c2)c2ccc(CCCC(C)C)cn2)nc1. The number of hydrogen-bond donors (Lipinski definition) is 0. The Labute approximate surface area is 339 Å². The summed E-state index contributed by atoms with van der Waals surface area (Å²) in [6.07, 6.45) is 21.8. The van der Waals surface area contributed by atoms with Crippen molar-refractivity contribution in [1.29, 1.82) is 0 Å². The summed E-state index contributed by atoms with van der Waals surface area (Å²) in [6.45, 7) is 18.3. The third-order valence-electron chi connectivity index (χ3n) is 10.5. The topological polar surface area (TPSA) is 58.0 Å². The van der Waals surface area contributed by atoms with Gasteiger partial charge < -0.3 is 0 Å². The number of aryl methyl sites for hydroxylation is 4. The Balaban J connectivity index is 1.51. The molecule has 0 spiro atoms. The van der Waals surface area contributed by atoms with Crippen LogP contribution in [-0.4, -0.2) is 19.9 Å². The van der Waals surface area contributed by atoms with Crippen LogP contribution in [0.5, 0.6) is 0 Å². The van der Waals surface area contributed by atoms with E-state index in [0.29, 0.717) is 23.7 Å². The average molecular weight is 753 g/mol. The summed E-state index contributed by atoms with van der Waals surface area (Å²) < 4.78 is 0. The maximum Gasteiger partial charge on any atom is 0.138 e. The van der Waals surface area contributed by atoms with Gasteiger partial charge in [0.05, 0.1) is 11.4 Å². The van der Waals surface area contributed by atoms with Gasteiger partial charge in [-0.3, -0.25) is 9.80 Å². The second-order valence-electron chi connectivity index (χ2n) is 17.4. The van der Waals surface area contributed by atoms with Gasteiger partial charge in [0.25, 0.3) is 0 Å². The lowest BCUT2D eigenvalue weighted by atomic mass is 10.0. The van der Waals surface area contributed by atoms with Crippen molar-refractivity contribution in [3.05, 3.63) is 120 Å². The Morgan fingerprint density at radius 1 is 0.375 bits per heavy atom. The van der Waals surface area contributed by atoms with Crippen LogP contribution < -0.4 is 9.80 Å². The highest BCUT2D eigenvalue weighted by molar-refractivity contribution is 5.79. The first-order valence-corrected chi connectivity index (χ1v) is 21.6. The lowest BCUT2D eigenvalue weighted by molar-refractivity contribution is 0.555. The highest BCUT2D eigenvalue weighted by Gasteiger charge is 2.20. The molecule has 56 heavy (non-hydrogen) atoms. The number of hydrogen-bond acceptors (Lipinski definition) is 6. The zero-order valence-corrected chi connectivity index (χ0v) is 35.7. The molecule has 6 nitrogen and oxygen atoms in total. The number of benzene rings is 1. The minimum Gasteiger partial charge on any atom is -0.279 e. The van der Waals surface area contributed by atoms with Gasteiger partial charge in [0, 0.05) is 24.8 Å². The lowest BCUT2D eigenvalue weighted by Crippen LogP contribution is -2.16. The summed E-state index contributed by atoms with van der Waals surface area (Å²) in [5.41, 5.74) is 7.01. The van der Waals surface area contributed by atoms with E-state index < -0.39 is 0 Å². The van der Waals surface area contributed by atoms with E-state index in [4.69, 9.17) is 19.9 Å². The first-order chi connectivity index (χ1) is 27.0. The fourth-order valence-corrected chi connectivity index (χ4v) is 7.18. The maximum atomic E-state index is 5.05. The van der Waals surface area contributed by atoms with E-state index in [0.717, 1.165) is 60.3 Å². The van der Waals surface area contributed by atoms with Gasteiger partial charge >= 0.3 is 0 Å². The molecule has 0 atom stereocenters. The zero-order valence-electron chi connectivity index (χ0n) is 35.7. The van der Waals surface area contributed by atoms with Crippen molar-refractivity contribution in [1.82, 2.24) is 19.9 Å². The third-order valence-corrected chi connectivity index (χ3v) is 10.5. The summed E-state index contributed by atoms with van der Waals surface area (Å²) in [7, 11) is 0. The molecule has 298 valence electrons. The molecule has 0 saturated heterocycles. The van der Waals surface area contributed by atoms with Crippen LogP contribution in [0.15, 0.2) is 97.6 Å². The van der Waals surface area contributed by atoms with E-state index in [-0.39, 0.29) is 0 Å². The Bertz CT molecular complexity index is 1600. The van der Waals surface area contributed by atoms with Crippen molar-refractivity contribution in [2.75, 3.05) is 9.80 Å². The summed E-state index contributed by atoms with van der Waals surface area (Å²) in [5, 5.41) is 0.